The van der Waals surface area contributed by atoms with Gasteiger partial charge in [0.25, 0.3) is 0 Å². The summed E-state index contributed by atoms with van der Waals surface area (Å²) < 4.78 is 0.982. The van der Waals surface area contributed by atoms with E-state index in [4.69, 9.17) is 5.73 Å². The van der Waals surface area contributed by atoms with Crippen molar-refractivity contribution in [1.82, 2.24) is 4.90 Å². The van der Waals surface area contributed by atoms with E-state index in [0.717, 1.165) is 16.7 Å². The number of halogens is 1. The van der Waals surface area contributed by atoms with E-state index in [1.54, 1.807) is 0 Å². The molecule has 0 heterocycles. The first-order valence-corrected chi connectivity index (χ1v) is 6.45. The highest BCUT2D eigenvalue weighted by Gasteiger charge is 2.13. The minimum absolute atomic E-state index is 0.580. The number of hydrogen-bond acceptors (Lipinski definition) is 2. The molecule has 0 aliphatic rings. The van der Waals surface area contributed by atoms with Crippen molar-refractivity contribution >= 4 is 21.6 Å². The van der Waals surface area contributed by atoms with Crippen molar-refractivity contribution in [1.29, 1.82) is 0 Å². The summed E-state index contributed by atoms with van der Waals surface area (Å²) in [6.07, 6.45) is 0. The third-order valence-electron chi connectivity index (χ3n) is 3.16. The Labute approximate surface area is 107 Å². The van der Waals surface area contributed by atoms with Gasteiger partial charge in [-0.15, -0.1) is 0 Å². The monoisotopic (exact) mass is 284 g/mol. The maximum atomic E-state index is 5.77. The molecule has 16 heavy (non-hydrogen) atoms. The topological polar surface area (TPSA) is 29.3 Å². The van der Waals surface area contributed by atoms with Crippen molar-refractivity contribution in [3.8, 4) is 0 Å². The van der Waals surface area contributed by atoms with Gasteiger partial charge in [-0.3, -0.25) is 4.90 Å². The third kappa shape index (κ3) is 3.49. The zero-order valence-electron chi connectivity index (χ0n) is 10.5. The number of hydrogen-bond donors (Lipinski definition) is 1. The van der Waals surface area contributed by atoms with E-state index in [1.807, 2.05) is 6.07 Å². The Balaban J connectivity index is 2.69. The lowest BCUT2D eigenvalue weighted by Crippen LogP contribution is -2.32. The molecular formula is C13H21BrN2. The number of nitrogen functional groups attached to an aromatic ring is 1. The molecule has 2 nitrogen and oxygen atoms in total. The molecule has 1 rings (SSSR count). The summed E-state index contributed by atoms with van der Waals surface area (Å²) in [5, 5.41) is 0. The van der Waals surface area contributed by atoms with Crippen LogP contribution >= 0.6 is 15.9 Å². The first-order valence-electron chi connectivity index (χ1n) is 5.66. The van der Waals surface area contributed by atoms with Crippen molar-refractivity contribution in [3.63, 3.8) is 0 Å². The lowest BCUT2D eigenvalue weighted by Gasteiger charge is -2.28. The fourth-order valence-corrected chi connectivity index (χ4v) is 2.04. The molecular weight excluding hydrogens is 264 g/mol. The molecule has 1 unspecified atom stereocenters. The van der Waals surface area contributed by atoms with Crippen LogP contribution in [0.25, 0.3) is 0 Å². The number of benzene rings is 1. The van der Waals surface area contributed by atoms with Crippen LogP contribution in [0.4, 0.5) is 5.69 Å². The summed E-state index contributed by atoms with van der Waals surface area (Å²) in [7, 11) is 2.16. The van der Waals surface area contributed by atoms with Gasteiger partial charge in [-0.1, -0.05) is 19.9 Å². The van der Waals surface area contributed by atoms with Crippen LogP contribution in [0.1, 0.15) is 26.3 Å². The van der Waals surface area contributed by atoms with Crippen LogP contribution in [0, 0.1) is 5.92 Å². The fraction of sp³-hybridized carbons (Fsp3) is 0.538. The number of nitrogens with two attached hydrogens (primary N) is 1. The van der Waals surface area contributed by atoms with Crippen molar-refractivity contribution in [2.75, 3.05) is 12.8 Å². The van der Waals surface area contributed by atoms with Gasteiger partial charge in [0.05, 0.1) is 0 Å². The average molecular weight is 285 g/mol. The summed E-state index contributed by atoms with van der Waals surface area (Å²) in [4.78, 5) is 2.36. The Morgan fingerprint density at radius 3 is 2.44 bits per heavy atom. The second-order valence-electron chi connectivity index (χ2n) is 4.76. The van der Waals surface area contributed by atoms with E-state index in [0.29, 0.717) is 12.0 Å². The molecule has 0 aliphatic carbocycles. The Morgan fingerprint density at radius 2 is 1.94 bits per heavy atom. The van der Waals surface area contributed by atoms with Crippen LogP contribution < -0.4 is 5.73 Å². The van der Waals surface area contributed by atoms with Crippen molar-refractivity contribution < 1.29 is 0 Å². The van der Waals surface area contributed by atoms with Gasteiger partial charge in [-0.2, -0.15) is 0 Å². The first-order chi connectivity index (χ1) is 7.41. The molecule has 90 valence electrons. The second kappa shape index (κ2) is 5.69. The maximum absolute atomic E-state index is 5.77. The molecule has 1 atom stereocenters. The maximum Gasteiger partial charge on any atom is 0.0458 e. The van der Waals surface area contributed by atoms with Crippen molar-refractivity contribution in [3.05, 3.63) is 28.2 Å². The number of anilines is 1. The second-order valence-corrected chi connectivity index (χ2v) is 5.61. The molecule has 0 aromatic heterocycles. The zero-order valence-corrected chi connectivity index (χ0v) is 12.1. The SMILES string of the molecule is CC(C)C(C)N(C)Cc1ccc(N)c(Br)c1. The fourth-order valence-electron chi connectivity index (χ4n) is 1.61. The van der Waals surface area contributed by atoms with E-state index in [1.165, 1.54) is 5.56 Å². The Bertz CT molecular complexity index is 350. The zero-order chi connectivity index (χ0) is 12.3. The van der Waals surface area contributed by atoms with Gasteiger partial charge in [0.1, 0.15) is 0 Å². The van der Waals surface area contributed by atoms with E-state index in [-0.39, 0.29) is 0 Å². The van der Waals surface area contributed by atoms with E-state index >= 15 is 0 Å². The van der Waals surface area contributed by atoms with Gasteiger partial charge < -0.3 is 5.73 Å². The highest BCUT2D eigenvalue weighted by molar-refractivity contribution is 9.10. The summed E-state index contributed by atoms with van der Waals surface area (Å²) in [6.45, 7) is 7.72. The van der Waals surface area contributed by atoms with Crippen LogP contribution in [0.2, 0.25) is 0 Å². The Hall–Kier alpha value is -0.540. The molecule has 2 N–H and O–H groups in total. The highest BCUT2D eigenvalue weighted by Crippen LogP contribution is 2.22. The van der Waals surface area contributed by atoms with Gasteiger partial charge in [0.15, 0.2) is 0 Å². The minimum Gasteiger partial charge on any atom is -0.398 e. The lowest BCUT2D eigenvalue weighted by atomic mass is 10.0. The molecule has 0 aliphatic heterocycles. The van der Waals surface area contributed by atoms with Gasteiger partial charge in [-0.25, -0.2) is 0 Å². The quantitative estimate of drug-likeness (QED) is 0.858. The average Bonchev–Trinajstić information content (AvgIpc) is 2.22. The molecule has 1 aromatic carbocycles. The van der Waals surface area contributed by atoms with Crippen molar-refractivity contribution in [2.24, 2.45) is 5.92 Å². The van der Waals surface area contributed by atoms with Crippen LogP contribution in [-0.2, 0) is 6.54 Å². The molecule has 1 aromatic rings. The van der Waals surface area contributed by atoms with E-state index in [2.05, 4.69) is 60.8 Å². The van der Waals surface area contributed by atoms with E-state index in [9.17, 15) is 0 Å². The normalized spacial score (nSPS) is 13.4. The summed E-state index contributed by atoms with van der Waals surface area (Å²) in [5.74, 6) is 0.669. The summed E-state index contributed by atoms with van der Waals surface area (Å²) in [6, 6.07) is 6.71. The van der Waals surface area contributed by atoms with Gasteiger partial charge in [-0.05, 0) is 53.5 Å². The third-order valence-corrected chi connectivity index (χ3v) is 3.84. The largest absolute Gasteiger partial charge is 0.398 e. The smallest absolute Gasteiger partial charge is 0.0458 e. The molecule has 0 radical (unpaired) electrons. The molecule has 0 bridgehead atoms. The highest BCUT2D eigenvalue weighted by atomic mass is 79.9. The van der Waals surface area contributed by atoms with Crippen LogP contribution in [0.3, 0.4) is 0 Å². The first kappa shape index (κ1) is 13.5. The molecule has 0 fully saturated rings. The standard InChI is InChI=1S/C13H21BrN2/c1-9(2)10(3)16(4)8-11-5-6-13(15)12(14)7-11/h5-7,9-10H,8,15H2,1-4H3. The molecule has 0 saturated heterocycles. The predicted molar refractivity (Wildman–Crippen MR) is 74.3 cm³/mol. The Kier molecular flexibility index (Phi) is 4.81. The Morgan fingerprint density at radius 1 is 1.31 bits per heavy atom. The van der Waals surface area contributed by atoms with E-state index < -0.39 is 0 Å². The molecule has 0 spiro atoms. The predicted octanol–water partition coefficient (Wildman–Crippen LogP) is 3.51. The molecule has 3 heteroatoms. The summed E-state index contributed by atoms with van der Waals surface area (Å²) in [5.41, 5.74) is 7.85. The minimum atomic E-state index is 0.580. The van der Waals surface area contributed by atoms with Crippen LogP contribution in [0.5, 0.6) is 0 Å². The van der Waals surface area contributed by atoms with Gasteiger partial charge >= 0.3 is 0 Å². The van der Waals surface area contributed by atoms with Gasteiger partial charge in [0.2, 0.25) is 0 Å². The van der Waals surface area contributed by atoms with Gasteiger partial charge in [0, 0.05) is 22.7 Å². The molecule has 0 amide bonds. The number of nitrogens with zero attached hydrogens (tertiary/aromatic N) is 1. The van der Waals surface area contributed by atoms with Crippen molar-refractivity contribution in [2.45, 2.75) is 33.4 Å². The lowest BCUT2D eigenvalue weighted by molar-refractivity contribution is 0.200. The summed E-state index contributed by atoms with van der Waals surface area (Å²) >= 11 is 3.46. The number of rotatable bonds is 4. The molecule has 0 saturated carbocycles. The van der Waals surface area contributed by atoms with Crippen LogP contribution in [-0.4, -0.2) is 18.0 Å². The van der Waals surface area contributed by atoms with Crippen LogP contribution in [0.15, 0.2) is 22.7 Å².